The van der Waals surface area contributed by atoms with E-state index in [2.05, 4.69) is 6.92 Å². The average Bonchev–Trinajstić information content (AvgIpc) is 2.89. The van der Waals surface area contributed by atoms with Crippen molar-refractivity contribution in [2.45, 2.75) is 110 Å². The van der Waals surface area contributed by atoms with E-state index < -0.39 is 12.2 Å². The lowest BCUT2D eigenvalue weighted by atomic mass is 9.84. The molecule has 0 aromatic carbocycles. The van der Waals surface area contributed by atoms with E-state index in [1.165, 1.54) is 0 Å². The van der Waals surface area contributed by atoms with Gasteiger partial charge in [-0.25, -0.2) is 0 Å². The minimum absolute atomic E-state index is 0.0367. The highest BCUT2D eigenvalue weighted by Gasteiger charge is 2.40. The molecule has 0 bridgehead atoms. The molecule has 5 nitrogen and oxygen atoms in total. The quantitative estimate of drug-likeness (QED) is 0.327. The fourth-order valence-corrected chi connectivity index (χ4v) is 4.24. The van der Waals surface area contributed by atoms with Gasteiger partial charge in [-0.2, -0.15) is 0 Å². The third kappa shape index (κ3) is 9.70. The van der Waals surface area contributed by atoms with Gasteiger partial charge in [0.05, 0.1) is 18.8 Å². The highest BCUT2D eigenvalue weighted by molar-refractivity contribution is 5.78. The maximum atomic E-state index is 12.0. The molecule has 158 valence electrons. The molecule has 4 atom stereocenters. The highest BCUT2D eigenvalue weighted by Crippen LogP contribution is 2.39. The summed E-state index contributed by atoms with van der Waals surface area (Å²) in [6.07, 6.45) is 9.68. The van der Waals surface area contributed by atoms with Gasteiger partial charge >= 0.3 is 5.97 Å². The number of hydrogen-bond acceptors (Lipinski definition) is 5. The van der Waals surface area contributed by atoms with Gasteiger partial charge in [0, 0.05) is 19.3 Å². The van der Waals surface area contributed by atoms with Crippen LogP contribution in [0, 0.1) is 11.8 Å². The fraction of sp³-hybridized carbons (Fsp3) is 0.909. The molecule has 0 heterocycles. The van der Waals surface area contributed by atoms with E-state index in [9.17, 15) is 19.8 Å². The second kappa shape index (κ2) is 14.1. The van der Waals surface area contributed by atoms with E-state index in [0.29, 0.717) is 38.7 Å². The second-order valence-electron chi connectivity index (χ2n) is 7.99. The molecular formula is C22H40O5. The van der Waals surface area contributed by atoms with Crippen molar-refractivity contribution in [1.29, 1.82) is 0 Å². The zero-order valence-corrected chi connectivity index (χ0v) is 17.3. The molecular weight excluding hydrogens is 344 g/mol. The van der Waals surface area contributed by atoms with Crippen molar-refractivity contribution in [3.8, 4) is 0 Å². The first kappa shape index (κ1) is 24.1. The summed E-state index contributed by atoms with van der Waals surface area (Å²) in [5.41, 5.74) is 0. The number of ketones is 1. The summed E-state index contributed by atoms with van der Waals surface area (Å²) in [6.45, 7) is 4.37. The number of rotatable bonds is 15. The maximum Gasteiger partial charge on any atom is 0.305 e. The summed E-state index contributed by atoms with van der Waals surface area (Å²) >= 11 is 0. The molecule has 0 unspecified atom stereocenters. The lowest BCUT2D eigenvalue weighted by molar-refractivity contribution is -0.143. The Bertz CT molecular complexity index is 423. The number of carbonyl (C=O) groups excluding carboxylic acids is 2. The van der Waals surface area contributed by atoms with Crippen molar-refractivity contribution in [1.82, 2.24) is 0 Å². The molecule has 2 N–H and O–H groups in total. The summed E-state index contributed by atoms with van der Waals surface area (Å²) in [5.74, 6) is 0.286. The zero-order valence-electron chi connectivity index (χ0n) is 17.3. The van der Waals surface area contributed by atoms with Crippen LogP contribution in [0.5, 0.6) is 0 Å². The van der Waals surface area contributed by atoms with Gasteiger partial charge in [-0.15, -0.1) is 0 Å². The summed E-state index contributed by atoms with van der Waals surface area (Å²) in [5, 5.41) is 20.6. The minimum Gasteiger partial charge on any atom is -0.466 e. The van der Waals surface area contributed by atoms with Crippen molar-refractivity contribution < 1.29 is 24.5 Å². The third-order valence-corrected chi connectivity index (χ3v) is 5.81. The van der Waals surface area contributed by atoms with E-state index >= 15 is 0 Å². The van der Waals surface area contributed by atoms with Crippen molar-refractivity contribution in [2.75, 3.05) is 6.61 Å². The predicted molar refractivity (Wildman–Crippen MR) is 106 cm³/mol. The van der Waals surface area contributed by atoms with E-state index in [4.69, 9.17) is 4.74 Å². The molecule has 5 heteroatoms. The van der Waals surface area contributed by atoms with Crippen LogP contribution in [0.2, 0.25) is 0 Å². The van der Waals surface area contributed by atoms with Gasteiger partial charge in [-0.3, -0.25) is 9.59 Å². The molecule has 0 radical (unpaired) electrons. The maximum absolute atomic E-state index is 12.0. The van der Waals surface area contributed by atoms with Gasteiger partial charge in [-0.05, 0) is 50.9 Å². The summed E-state index contributed by atoms with van der Waals surface area (Å²) in [4.78, 5) is 23.3. The molecule has 0 aromatic rings. The first-order valence-corrected chi connectivity index (χ1v) is 11.0. The van der Waals surface area contributed by atoms with Crippen LogP contribution >= 0.6 is 0 Å². The van der Waals surface area contributed by atoms with Crippen molar-refractivity contribution in [3.63, 3.8) is 0 Å². The largest absolute Gasteiger partial charge is 0.466 e. The first-order valence-electron chi connectivity index (χ1n) is 11.0. The number of hydrogen-bond donors (Lipinski definition) is 2. The van der Waals surface area contributed by atoms with Gasteiger partial charge in [-0.1, -0.05) is 39.0 Å². The van der Waals surface area contributed by atoms with Crippen molar-refractivity contribution in [2.24, 2.45) is 11.8 Å². The fourth-order valence-electron chi connectivity index (χ4n) is 4.24. The summed E-state index contributed by atoms with van der Waals surface area (Å²) < 4.78 is 4.92. The van der Waals surface area contributed by atoms with Crippen LogP contribution in [0.3, 0.4) is 0 Å². The normalized spacial score (nSPS) is 24.9. The Morgan fingerprint density at radius 3 is 2.11 bits per heavy atom. The predicted octanol–water partition coefficient (Wildman–Crippen LogP) is 4.18. The number of ether oxygens (including phenoxy) is 1. The van der Waals surface area contributed by atoms with Gasteiger partial charge in [0.15, 0.2) is 0 Å². The Morgan fingerprint density at radius 2 is 1.44 bits per heavy atom. The van der Waals surface area contributed by atoms with Crippen LogP contribution in [-0.2, 0) is 14.3 Å². The molecule has 0 saturated heterocycles. The van der Waals surface area contributed by atoms with Gasteiger partial charge < -0.3 is 14.9 Å². The highest BCUT2D eigenvalue weighted by atomic mass is 16.5. The second-order valence-corrected chi connectivity index (χ2v) is 7.99. The number of aliphatic hydroxyl groups excluding tert-OH is 2. The molecule has 1 saturated carbocycles. The zero-order chi connectivity index (χ0) is 20.1. The Balaban J connectivity index is 2.26. The smallest absolute Gasteiger partial charge is 0.305 e. The lowest BCUT2D eigenvalue weighted by Gasteiger charge is -2.23. The standard InChI is InChI=1S/C22H40O5/c1-3-5-8-11-17(23)14-15-19-18(20(24)16-21(19)25)12-9-6-7-10-13-22(26)27-4-2/h18-21,24-25H,3-16H2,1-2H3/t18-,19+,20-,21+/m1/s1. The number of carbonyl (C=O) groups is 2. The molecule has 1 aliphatic carbocycles. The van der Waals surface area contributed by atoms with Crippen molar-refractivity contribution in [3.05, 3.63) is 0 Å². The number of Topliss-reactive ketones (excluding diaryl/α,β-unsaturated/α-hetero) is 1. The van der Waals surface area contributed by atoms with Crippen LogP contribution in [0.4, 0.5) is 0 Å². The Labute approximate surface area is 164 Å². The summed E-state index contributed by atoms with van der Waals surface area (Å²) in [7, 11) is 0. The Hall–Kier alpha value is -0.940. The molecule has 1 aliphatic rings. The molecule has 0 spiro atoms. The first-order chi connectivity index (χ1) is 13.0. The topological polar surface area (TPSA) is 83.8 Å². The molecule has 1 fully saturated rings. The van der Waals surface area contributed by atoms with Crippen LogP contribution < -0.4 is 0 Å². The Kier molecular flexibility index (Phi) is 12.6. The Morgan fingerprint density at radius 1 is 0.815 bits per heavy atom. The number of unbranched alkanes of at least 4 members (excludes halogenated alkanes) is 5. The third-order valence-electron chi connectivity index (χ3n) is 5.81. The van der Waals surface area contributed by atoms with Crippen LogP contribution in [-0.4, -0.2) is 40.8 Å². The van der Waals surface area contributed by atoms with Crippen molar-refractivity contribution >= 4 is 11.8 Å². The monoisotopic (exact) mass is 384 g/mol. The minimum atomic E-state index is -0.489. The molecule has 1 rings (SSSR count). The van der Waals surface area contributed by atoms with E-state index in [1.54, 1.807) is 0 Å². The van der Waals surface area contributed by atoms with Crippen LogP contribution in [0.1, 0.15) is 97.3 Å². The van der Waals surface area contributed by atoms with Gasteiger partial charge in [0.1, 0.15) is 5.78 Å². The molecule has 0 aromatic heterocycles. The molecule has 27 heavy (non-hydrogen) atoms. The van der Waals surface area contributed by atoms with Gasteiger partial charge in [0.25, 0.3) is 0 Å². The summed E-state index contributed by atoms with van der Waals surface area (Å²) in [6, 6.07) is 0. The van der Waals surface area contributed by atoms with Gasteiger partial charge in [0.2, 0.25) is 0 Å². The molecule has 0 aliphatic heterocycles. The molecule has 0 amide bonds. The SMILES string of the molecule is CCCCCC(=O)CC[C@H]1[C@@H](CCCCCCC(=O)OCC)[C@H](O)C[C@@H]1O. The number of esters is 1. The van der Waals surface area contributed by atoms with Crippen LogP contribution in [0.25, 0.3) is 0 Å². The van der Waals surface area contributed by atoms with E-state index in [0.717, 1.165) is 51.4 Å². The van der Waals surface area contributed by atoms with E-state index in [-0.39, 0.29) is 23.6 Å². The average molecular weight is 385 g/mol. The number of aliphatic hydroxyl groups is 2. The lowest BCUT2D eigenvalue weighted by Crippen LogP contribution is -2.23. The van der Waals surface area contributed by atoms with E-state index in [1.807, 2.05) is 6.92 Å². The van der Waals surface area contributed by atoms with Crippen LogP contribution in [0.15, 0.2) is 0 Å².